The van der Waals surface area contributed by atoms with Gasteiger partial charge in [-0.2, -0.15) is 13.2 Å². The molecular weight excluding hydrogens is 225 g/mol. The molecule has 3 unspecified atom stereocenters. The summed E-state index contributed by atoms with van der Waals surface area (Å²) in [5, 5.41) is 9.19. The van der Waals surface area contributed by atoms with Crippen LogP contribution >= 0.6 is 0 Å². The number of alkyl halides is 3. The molecule has 96 valence electrons. The molecule has 1 fully saturated rings. The molecule has 1 saturated heterocycles. The quantitative estimate of drug-likeness (QED) is 0.768. The van der Waals surface area contributed by atoms with Crippen LogP contribution < -0.4 is 0 Å². The van der Waals surface area contributed by atoms with Crippen molar-refractivity contribution in [1.82, 2.24) is 0 Å². The van der Waals surface area contributed by atoms with Gasteiger partial charge in [0, 0.05) is 13.0 Å². The Kier molecular flexibility index (Phi) is 5.01. The minimum absolute atomic E-state index is 0.0565. The van der Waals surface area contributed by atoms with Gasteiger partial charge in [0.2, 0.25) is 0 Å². The molecule has 3 nitrogen and oxygen atoms in total. The Morgan fingerprint density at radius 1 is 1.38 bits per heavy atom. The third kappa shape index (κ3) is 3.92. The van der Waals surface area contributed by atoms with Gasteiger partial charge in [-0.05, 0) is 12.8 Å². The summed E-state index contributed by atoms with van der Waals surface area (Å²) < 4.78 is 47.1. The third-order valence-electron chi connectivity index (χ3n) is 2.47. The maximum absolute atomic E-state index is 12.4. The van der Waals surface area contributed by atoms with Crippen LogP contribution in [0.15, 0.2) is 0 Å². The zero-order chi connectivity index (χ0) is 12.2. The second-order valence-electron chi connectivity index (χ2n) is 3.90. The number of aliphatic hydroxyl groups is 1. The van der Waals surface area contributed by atoms with Crippen molar-refractivity contribution < 1.29 is 27.8 Å². The molecule has 1 N–H and O–H groups in total. The summed E-state index contributed by atoms with van der Waals surface area (Å²) in [5.41, 5.74) is 0. The minimum atomic E-state index is -4.54. The van der Waals surface area contributed by atoms with Gasteiger partial charge in [-0.25, -0.2) is 0 Å². The maximum Gasteiger partial charge on any atom is 0.417 e. The molecule has 0 spiro atoms. The van der Waals surface area contributed by atoms with Crippen LogP contribution in [0.1, 0.15) is 32.6 Å². The fourth-order valence-electron chi connectivity index (χ4n) is 1.56. The lowest BCUT2D eigenvalue weighted by molar-refractivity contribution is -0.311. The number of rotatable bonds is 4. The number of aliphatic hydroxyl groups excluding tert-OH is 1. The highest BCUT2D eigenvalue weighted by Gasteiger charge is 2.48. The van der Waals surface area contributed by atoms with Gasteiger partial charge in [0.25, 0.3) is 0 Å². The van der Waals surface area contributed by atoms with Crippen molar-refractivity contribution in [2.75, 3.05) is 6.61 Å². The van der Waals surface area contributed by atoms with Gasteiger partial charge in [-0.1, -0.05) is 13.3 Å². The number of hydrogen-bond donors (Lipinski definition) is 1. The molecule has 16 heavy (non-hydrogen) atoms. The summed E-state index contributed by atoms with van der Waals surface area (Å²) in [6.07, 6.45) is -6.91. The van der Waals surface area contributed by atoms with Gasteiger partial charge in [0.15, 0.2) is 12.4 Å². The smallest absolute Gasteiger partial charge is 0.390 e. The topological polar surface area (TPSA) is 38.7 Å². The van der Waals surface area contributed by atoms with E-state index in [-0.39, 0.29) is 6.42 Å². The van der Waals surface area contributed by atoms with E-state index in [1.807, 2.05) is 6.92 Å². The molecule has 0 amide bonds. The van der Waals surface area contributed by atoms with Gasteiger partial charge in [0.1, 0.15) is 0 Å². The predicted octanol–water partition coefficient (Wildman–Crippen LogP) is 2.23. The Bertz CT molecular complexity index is 208. The van der Waals surface area contributed by atoms with E-state index in [0.717, 1.165) is 12.8 Å². The second-order valence-corrected chi connectivity index (χ2v) is 3.90. The third-order valence-corrected chi connectivity index (χ3v) is 2.47. The van der Waals surface area contributed by atoms with E-state index >= 15 is 0 Å². The van der Waals surface area contributed by atoms with Crippen LogP contribution in [-0.4, -0.2) is 36.4 Å². The van der Waals surface area contributed by atoms with E-state index in [9.17, 15) is 18.3 Å². The molecule has 0 aromatic heterocycles. The summed E-state index contributed by atoms with van der Waals surface area (Å²) in [5.74, 6) is 0. The first-order chi connectivity index (χ1) is 7.45. The van der Waals surface area contributed by atoms with Crippen molar-refractivity contribution in [2.45, 2.75) is 57.3 Å². The normalized spacial score (nSPS) is 31.7. The average Bonchev–Trinajstić information content (AvgIpc) is 2.19. The zero-order valence-electron chi connectivity index (χ0n) is 9.17. The van der Waals surface area contributed by atoms with Crippen molar-refractivity contribution in [1.29, 1.82) is 0 Å². The van der Waals surface area contributed by atoms with Crippen molar-refractivity contribution in [2.24, 2.45) is 0 Å². The van der Waals surface area contributed by atoms with Crippen LogP contribution in [0.5, 0.6) is 0 Å². The van der Waals surface area contributed by atoms with Crippen LogP contribution in [0, 0.1) is 0 Å². The Balaban J connectivity index is 2.41. The Morgan fingerprint density at radius 2 is 2.06 bits per heavy atom. The molecule has 3 atom stereocenters. The Morgan fingerprint density at radius 3 is 2.62 bits per heavy atom. The number of ether oxygens (including phenoxy) is 2. The first-order valence-electron chi connectivity index (χ1n) is 5.47. The van der Waals surface area contributed by atoms with E-state index in [4.69, 9.17) is 9.47 Å². The van der Waals surface area contributed by atoms with Gasteiger partial charge in [-0.15, -0.1) is 0 Å². The largest absolute Gasteiger partial charge is 0.417 e. The Labute approximate surface area is 92.5 Å². The maximum atomic E-state index is 12.4. The van der Waals surface area contributed by atoms with Crippen LogP contribution in [0.25, 0.3) is 0 Å². The summed E-state index contributed by atoms with van der Waals surface area (Å²) in [4.78, 5) is 0. The molecule has 0 bridgehead atoms. The average molecular weight is 242 g/mol. The standard InChI is InChI=1S/C10H17F3O3/c1-2-3-6-15-8-5-4-7(14)9(16-8)10(11,12)13/h7-9,14H,2-6H2,1H3. The number of halogens is 3. The van der Waals surface area contributed by atoms with Crippen LogP contribution in [0.2, 0.25) is 0 Å². The molecule has 1 aliphatic rings. The molecule has 0 aromatic carbocycles. The molecule has 0 aromatic rings. The molecule has 0 radical (unpaired) electrons. The number of unbranched alkanes of at least 4 members (excludes halogenated alkanes) is 1. The molecule has 0 aliphatic carbocycles. The Hall–Kier alpha value is -0.330. The molecule has 1 rings (SSSR count). The molecule has 6 heteroatoms. The van der Waals surface area contributed by atoms with Crippen molar-refractivity contribution in [3.63, 3.8) is 0 Å². The van der Waals surface area contributed by atoms with Crippen molar-refractivity contribution in [3.05, 3.63) is 0 Å². The SMILES string of the molecule is CCCCOC1CCC(O)C(C(F)(F)F)O1. The van der Waals surface area contributed by atoms with Gasteiger partial charge < -0.3 is 14.6 Å². The van der Waals surface area contributed by atoms with Crippen molar-refractivity contribution >= 4 is 0 Å². The molecule has 1 aliphatic heterocycles. The predicted molar refractivity (Wildman–Crippen MR) is 50.8 cm³/mol. The first-order valence-corrected chi connectivity index (χ1v) is 5.47. The summed E-state index contributed by atoms with van der Waals surface area (Å²) in [6, 6.07) is 0. The first kappa shape index (κ1) is 13.7. The summed E-state index contributed by atoms with van der Waals surface area (Å²) in [7, 11) is 0. The van der Waals surface area contributed by atoms with Gasteiger partial charge in [-0.3, -0.25) is 0 Å². The van der Waals surface area contributed by atoms with E-state index < -0.39 is 24.7 Å². The van der Waals surface area contributed by atoms with Crippen LogP contribution in [-0.2, 0) is 9.47 Å². The fourth-order valence-corrected chi connectivity index (χ4v) is 1.56. The lowest BCUT2D eigenvalue weighted by atomic mass is 10.0. The van der Waals surface area contributed by atoms with E-state index in [1.165, 1.54) is 0 Å². The summed E-state index contributed by atoms with van der Waals surface area (Å²) >= 11 is 0. The fraction of sp³-hybridized carbons (Fsp3) is 1.00. The van der Waals surface area contributed by atoms with E-state index in [0.29, 0.717) is 13.0 Å². The highest BCUT2D eigenvalue weighted by atomic mass is 19.4. The summed E-state index contributed by atoms with van der Waals surface area (Å²) in [6.45, 7) is 2.36. The second kappa shape index (κ2) is 5.84. The monoisotopic (exact) mass is 242 g/mol. The highest BCUT2D eigenvalue weighted by molar-refractivity contribution is 4.81. The molecule has 1 heterocycles. The molecule has 0 saturated carbocycles. The molecular formula is C10H17F3O3. The highest BCUT2D eigenvalue weighted by Crippen LogP contribution is 2.32. The van der Waals surface area contributed by atoms with E-state index in [1.54, 1.807) is 0 Å². The van der Waals surface area contributed by atoms with Crippen LogP contribution in [0.3, 0.4) is 0 Å². The van der Waals surface area contributed by atoms with Crippen molar-refractivity contribution in [3.8, 4) is 0 Å². The zero-order valence-corrected chi connectivity index (χ0v) is 9.17. The lowest BCUT2D eigenvalue weighted by Gasteiger charge is -2.34. The van der Waals surface area contributed by atoms with E-state index in [2.05, 4.69) is 0 Å². The van der Waals surface area contributed by atoms with Gasteiger partial charge >= 0.3 is 6.18 Å². The van der Waals surface area contributed by atoms with Gasteiger partial charge in [0.05, 0.1) is 6.10 Å². The minimum Gasteiger partial charge on any atom is -0.390 e. The lowest BCUT2D eigenvalue weighted by Crippen LogP contribution is -2.48. The number of hydrogen-bond acceptors (Lipinski definition) is 3. The van der Waals surface area contributed by atoms with Crippen LogP contribution in [0.4, 0.5) is 13.2 Å².